The van der Waals surface area contributed by atoms with Gasteiger partial charge < -0.3 is 10.0 Å². The largest absolute Gasteiger partial charge is 0.481 e. The molecule has 1 N–H and O–H groups in total. The zero-order valence-corrected chi connectivity index (χ0v) is 10.2. The Labute approximate surface area is 105 Å². The molecule has 1 rings (SSSR count). The minimum atomic E-state index is -0.860. The number of carbonyl (C=O) groups is 2. The van der Waals surface area contributed by atoms with Crippen molar-refractivity contribution in [2.24, 2.45) is 0 Å². The van der Waals surface area contributed by atoms with Gasteiger partial charge in [-0.3, -0.25) is 9.59 Å². The summed E-state index contributed by atoms with van der Waals surface area (Å²) >= 11 is 0. The van der Waals surface area contributed by atoms with E-state index in [1.165, 1.54) is 17.0 Å². The maximum Gasteiger partial charge on any atom is 0.303 e. The molecule has 0 radical (unpaired) electrons. The summed E-state index contributed by atoms with van der Waals surface area (Å²) in [6, 6.07) is 5.79. The number of unbranched alkanes of at least 4 members (excludes halogenated alkanes) is 1. The molecule has 0 aliphatic rings. The third-order valence-corrected chi connectivity index (χ3v) is 2.60. The molecule has 0 bridgehead atoms. The van der Waals surface area contributed by atoms with Gasteiger partial charge in [0.25, 0.3) is 0 Å². The van der Waals surface area contributed by atoms with Gasteiger partial charge in [-0.1, -0.05) is 6.07 Å². The molecule has 0 unspecified atom stereocenters. The highest BCUT2D eigenvalue weighted by Crippen LogP contribution is 2.15. The van der Waals surface area contributed by atoms with Crippen molar-refractivity contribution >= 4 is 17.6 Å². The predicted octanol–water partition coefficient (Wildman–Crippen LogP) is 2.43. The first kappa shape index (κ1) is 14.2. The fourth-order valence-corrected chi connectivity index (χ4v) is 1.55. The number of carboxylic acids is 1. The van der Waals surface area contributed by atoms with Crippen molar-refractivity contribution in [1.29, 1.82) is 0 Å². The maximum atomic E-state index is 13.0. The Kier molecular flexibility index (Phi) is 5.30. The van der Waals surface area contributed by atoms with Gasteiger partial charge in [0.15, 0.2) is 0 Å². The summed E-state index contributed by atoms with van der Waals surface area (Å²) in [6.07, 6.45) is 1.32. The number of amides is 1. The SMILES string of the molecule is CN(C(=O)CCCCC(=O)O)c1cccc(F)c1. The topological polar surface area (TPSA) is 57.6 Å². The minimum Gasteiger partial charge on any atom is -0.481 e. The summed E-state index contributed by atoms with van der Waals surface area (Å²) in [7, 11) is 1.58. The fourth-order valence-electron chi connectivity index (χ4n) is 1.55. The number of benzene rings is 1. The summed E-state index contributed by atoms with van der Waals surface area (Å²) in [6.45, 7) is 0. The van der Waals surface area contributed by atoms with Gasteiger partial charge in [-0.2, -0.15) is 0 Å². The zero-order valence-electron chi connectivity index (χ0n) is 10.2. The van der Waals surface area contributed by atoms with Crippen molar-refractivity contribution < 1.29 is 19.1 Å². The Hall–Kier alpha value is -1.91. The molecule has 0 atom stereocenters. The lowest BCUT2D eigenvalue weighted by Crippen LogP contribution is -2.25. The van der Waals surface area contributed by atoms with E-state index in [-0.39, 0.29) is 18.7 Å². The first-order valence-corrected chi connectivity index (χ1v) is 5.74. The average Bonchev–Trinajstić information content (AvgIpc) is 2.33. The van der Waals surface area contributed by atoms with Crippen LogP contribution in [0.15, 0.2) is 24.3 Å². The van der Waals surface area contributed by atoms with E-state index in [0.29, 0.717) is 18.5 Å². The number of hydrogen-bond donors (Lipinski definition) is 1. The lowest BCUT2D eigenvalue weighted by molar-refractivity contribution is -0.137. The smallest absolute Gasteiger partial charge is 0.303 e. The van der Waals surface area contributed by atoms with Crippen LogP contribution in [0.4, 0.5) is 10.1 Å². The Morgan fingerprint density at radius 3 is 2.56 bits per heavy atom. The molecule has 0 spiro atoms. The van der Waals surface area contributed by atoms with Crippen molar-refractivity contribution in [2.45, 2.75) is 25.7 Å². The van der Waals surface area contributed by atoms with Crippen LogP contribution in [-0.2, 0) is 9.59 Å². The van der Waals surface area contributed by atoms with Gasteiger partial charge in [-0.25, -0.2) is 4.39 Å². The van der Waals surface area contributed by atoms with Crippen molar-refractivity contribution in [2.75, 3.05) is 11.9 Å². The number of aliphatic carboxylic acids is 1. The third-order valence-electron chi connectivity index (χ3n) is 2.60. The molecule has 5 heteroatoms. The molecule has 0 heterocycles. The number of anilines is 1. The predicted molar refractivity (Wildman–Crippen MR) is 65.9 cm³/mol. The molecule has 1 aromatic carbocycles. The number of carbonyl (C=O) groups excluding carboxylic acids is 1. The molecule has 0 aliphatic heterocycles. The van der Waals surface area contributed by atoms with Crippen LogP contribution in [-0.4, -0.2) is 24.0 Å². The fraction of sp³-hybridized carbons (Fsp3) is 0.385. The van der Waals surface area contributed by atoms with Gasteiger partial charge in [0.2, 0.25) is 5.91 Å². The van der Waals surface area contributed by atoms with E-state index in [1.54, 1.807) is 19.2 Å². The van der Waals surface area contributed by atoms with Crippen LogP contribution in [0.2, 0.25) is 0 Å². The van der Waals surface area contributed by atoms with Crippen LogP contribution in [0.5, 0.6) is 0 Å². The van der Waals surface area contributed by atoms with Gasteiger partial charge in [-0.05, 0) is 31.0 Å². The van der Waals surface area contributed by atoms with Gasteiger partial charge in [0.1, 0.15) is 5.82 Å². The molecule has 98 valence electrons. The molecule has 18 heavy (non-hydrogen) atoms. The van der Waals surface area contributed by atoms with Crippen LogP contribution < -0.4 is 4.90 Å². The summed E-state index contributed by atoms with van der Waals surface area (Å²) in [4.78, 5) is 23.4. The number of hydrogen-bond acceptors (Lipinski definition) is 2. The zero-order chi connectivity index (χ0) is 13.5. The first-order valence-electron chi connectivity index (χ1n) is 5.74. The Bertz CT molecular complexity index is 434. The van der Waals surface area contributed by atoms with Crippen molar-refractivity contribution in [3.63, 3.8) is 0 Å². The Balaban J connectivity index is 2.44. The van der Waals surface area contributed by atoms with E-state index in [9.17, 15) is 14.0 Å². The number of carboxylic acid groups (broad SMARTS) is 1. The van der Waals surface area contributed by atoms with Gasteiger partial charge in [0, 0.05) is 25.6 Å². The minimum absolute atomic E-state index is 0.0664. The average molecular weight is 253 g/mol. The summed E-state index contributed by atoms with van der Waals surface area (Å²) in [5, 5.41) is 8.46. The molecular weight excluding hydrogens is 237 g/mol. The van der Waals surface area contributed by atoms with E-state index in [4.69, 9.17) is 5.11 Å². The normalized spacial score (nSPS) is 10.1. The lowest BCUT2D eigenvalue weighted by atomic mass is 10.1. The number of rotatable bonds is 6. The lowest BCUT2D eigenvalue weighted by Gasteiger charge is -2.17. The molecule has 1 amide bonds. The second-order valence-electron chi connectivity index (χ2n) is 4.03. The van der Waals surface area contributed by atoms with Crippen LogP contribution in [0.3, 0.4) is 0 Å². The molecule has 1 aromatic rings. The second-order valence-corrected chi connectivity index (χ2v) is 4.03. The van der Waals surface area contributed by atoms with Crippen LogP contribution >= 0.6 is 0 Å². The third kappa shape index (κ3) is 4.53. The standard InChI is InChI=1S/C13H16FNO3/c1-15(11-6-4-5-10(14)9-11)12(16)7-2-3-8-13(17)18/h4-6,9H,2-3,7-8H2,1H3,(H,17,18). The Morgan fingerprint density at radius 1 is 1.28 bits per heavy atom. The number of nitrogens with zero attached hydrogens (tertiary/aromatic N) is 1. The Morgan fingerprint density at radius 2 is 1.94 bits per heavy atom. The van der Waals surface area contributed by atoms with Crippen molar-refractivity contribution in [3.8, 4) is 0 Å². The van der Waals surface area contributed by atoms with Crippen LogP contribution in [0.1, 0.15) is 25.7 Å². The van der Waals surface area contributed by atoms with Crippen molar-refractivity contribution in [1.82, 2.24) is 0 Å². The van der Waals surface area contributed by atoms with E-state index in [0.717, 1.165) is 0 Å². The highest BCUT2D eigenvalue weighted by molar-refractivity contribution is 5.92. The van der Waals surface area contributed by atoms with E-state index in [2.05, 4.69) is 0 Å². The van der Waals surface area contributed by atoms with Gasteiger partial charge in [0.05, 0.1) is 0 Å². The second kappa shape index (κ2) is 6.74. The molecule has 0 saturated carbocycles. The highest BCUT2D eigenvalue weighted by atomic mass is 19.1. The van der Waals surface area contributed by atoms with Crippen LogP contribution in [0.25, 0.3) is 0 Å². The molecule has 0 aliphatic carbocycles. The van der Waals surface area contributed by atoms with Crippen molar-refractivity contribution in [3.05, 3.63) is 30.1 Å². The first-order chi connectivity index (χ1) is 8.50. The quantitative estimate of drug-likeness (QED) is 0.792. The summed E-state index contributed by atoms with van der Waals surface area (Å²) < 4.78 is 13.0. The van der Waals surface area contributed by atoms with Gasteiger partial charge >= 0.3 is 5.97 Å². The molecule has 0 saturated heterocycles. The highest BCUT2D eigenvalue weighted by Gasteiger charge is 2.11. The monoisotopic (exact) mass is 253 g/mol. The molecule has 0 fully saturated rings. The maximum absolute atomic E-state index is 13.0. The van der Waals surface area contributed by atoms with E-state index >= 15 is 0 Å². The molecule has 0 aromatic heterocycles. The number of halogens is 1. The van der Waals surface area contributed by atoms with Crippen LogP contribution in [0, 0.1) is 5.82 Å². The summed E-state index contributed by atoms with van der Waals surface area (Å²) in [5.41, 5.74) is 0.498. The van der Waals surface area contributed by atoms with E-state index < -0.39 is 11.8 Å². The molecular formula is C13H16FNO3. The molecule has 4 nitrogen and oxygen atoms in total. The van der Waals surface area contributed by atoms with E-state index in [1.807, 2.05) is 0 Å². The van der Waals surface area contributed by atoms with Gasteiger partial charge in [-0.15, -0.1) is 0 Å². The summed E-state index contributed by atoms with van der Waals surface area (Å²) in [5.74, 6) is -1.40.